The lowest BCUT2D eigenvalue weighted by atomic mass is 9.93. The first-order chi connectivity index (χ1) is 13.5. The van der Waals surface area contributed by atoms with Crippen LogP contribution in [0.25, 0.3) is 11.3 Å². The minimum Gasteiger partial charge on any atom is -0.383 e. The Morgan fingerprint density at radius 3 is 2.68 bits per heavy atom. The zero-order valence-corrected chi connectivity index (χ0v) is 16.1. The molecule has 0 radical (unpaired) electrons. The maximum atomic E-state index is 13.1. The van der Waals surface area contributed by atoms with Gasteiger partial charge in [-0.2, -0.15) is 0 Å². The molecular formula is C23H23N3O2. The highest BCUT2D eigenvalue weighted by Crippen LogP contribution is 2.33. The molecule has 1 fully saturated rings. The molecule has 1 atom stereocenters. The van der Waals surface area contributed by atoms with Gasteiger partial charge < -0.3 is 10.0 Å². The van der Waals surface area contributed by atoms with Crippen LogP contribution in [-0.4, -0.2) is 39.0 Å². The van der Waals surface area contributed by atoms with Gasteiger partial charge in [0.2, 0.25) is 0 Å². The lowest BCUT2D eigenvalue weighted by Gasteiger charge is -2.24. The molecule has 1 aliphatic heterocycles. The average Bonchev–Trinajstić information content (AvgIpc) is 3.13. The molecule has 1 aromatic heterocycles. The van der Waals surface area contributed by atoms with Gasteiger partial charge >= 0.3 is 0 Å². The first-order valence-electron chi connectivity index (χ1n) is 9.44. The van der Waals surface area contributed by atoms with Gasteiger partial charge in [-0.1, -0.05) is 42.5 Å². The summed E-state index contributed by atoms with van der Waals surface area (Å²) in [5.41, 5.74) is 3.78. The molecule has 1 N–H and O–H groups in total. The molecule has 0 saturated carbocycles. The van der Waals surface area contributed by atoms with Crippen LogP contribution < -0.4 is 0 Å². The second-order valence-electron chi connectivity index (χ2n) is 7.40. The molecule has 2 aromatic carbocycles. The molecule has 5 nitrogen and oxygen atoms in total. The van der Waals surface area contributed by atoms with Crippen molar-refractivity contribution in [3.8, 4) is 11.3 Å². The SMILES string of the molecule is Cc1cnc(C)c(-c2cccc(C(=O)N3CC[C@](O)(c4ccccc4)C3)c2)n1. The van der Waals surface area contributed by atoms with E-state index in [0.29, 0.717) is 25.1 Å². The van der Waals surface area contributed by atoms with Crippen LogP contribution in [0.2, 0.25) is 0 Å². The first-order valence-corrected chi connectivity index (χ1v) is 9.44. The fourth-order valence-electron chi connectivity index (χ4n) is 3.74. The van der Waals surface area contributed by atoms with Crippen LogP contribution >= 0.6 is 0 Å². The number of aliphatic hydroxyl groups is 1. The molecule has 2 heterocycles. The highest BCUT2D eigenvalue weighted by molar-refractivity contribution is 5.95. The summed E-state index contributed by atoms with van der Waals surface area (Å²) in [5, 5.41) is 11.0. The van der Waals surface area contributed by atoms with Gasteiger partial charge in [0.25, 0.3) is 5.91 Å². The summed E-state index contributed by atoms with van der Waals surface area (Å²) in [6, 6.07) is 17.0. The molecule has 0 unspecified atom stereocenters. The molecular weight excluding hydrogens is 350 g/mol. The molecule has 0 aliphatic carbocycles. The number of nitrogens with zero attached hydrogens (tertiary/aromatic N) is 3. The average molecular weight is 373 g/mol. The van der Waals surface area contributed by atoms with E-state index in [-0.39, 0.29) is 5.91 Å². The monoisotopic (exact) mass is 373 g/mol. The van der Waals surface area contributed by atoms with Crippen molar-refractivity contribution in [3.05, 3.63) is 83.3 Å². The molecule has 3 aromatic rings. The molecule has 0 bridgehead atoms. The maximum Gasteiger partial charge on any atom is 0.253 e. The van der Waals surface area contributed by atoms with E-state index < -0.39 is 5.60 Å². The first kappa shape index (κ1) is 18.3. The minimum absolute atomic E-state index is 0.0769. The number of rotatable bonds is 3. The second-order valence-corrected chi connectivity index (χ2v) is 7.40. The number of carbonyl (C=O) groups excluding carboxylic acids is 1. The van der Waals surface area contributed by atoms with Crippen LogP contribution in [-0.2, 0) is 5.60 Å². The zero-order chi connectivity index (χ0) is 19.7. The van der Waals surface area contributed by atoms with Crippen molar-refractivity contribution in [1.29, 1.82) is 0 Å². The number of benzene rings is 2. The van der Waals surface area contributed by atoms with E-state index in [9.17, 15) is 9.90 Å². The fourth-order valence-corrected chi connectivity index (χ4v) is 3.74. The third-order valence-corrected chi connectivity index (χ3v) is 5.30. The molecule has 142 valence electrons. The van der Waals surface area contributed by atoms with Crippen LogP contribution in [0.5, 0.6) is 0 Å². The molecule has 4 rings (SSSR count). The molecule has 1 amide bonds. The minimum atomic E-state index is -0.993. The quantitative estimate of drug-likeness (QED) is 0.763. The zero-order valence-electron chi connectivity index (χ0n) is 16.1. The topological polar surface area (TPSA) is 66.3 Å². The highest BCUT2D eigenvalue weighted by atomic mass is 16.3. The van der Waals surface area contributed by atoms with Crippen LogP contribution in [0.15, 0.2) is 60.8 Å². The van der Waals surface area contributed by atoms with Crippen molar-refractivity contribution < 1.29 is 9.90 Å². The van der Waals surface area contributed by atoms with Crippen molar-refractivity contribution in [2.75, 3.05) is 13.1 Å². The van der Waals surface area contributed by atoms with Gasteiger partial charge in [-0.25, -0.2) is 4.98 Å². The number of hydrogen-bond donors (Lipinski definition) is 1. The standard InChI is InChI=1S/C23H23N3O2/c1-16-14-24-17(2)21(25-16)18-7-6-8-19(13-18)22(27)26-12-11-23(28,15-26)20-9-4-3-5-10-20/h3-10,13-14,28H,11-12,15H2,1-2H3/t23-/m1/s1. The van der Waals surface area contributed by atoms with Gasteiger partial charge in [-0.05, 0) is 38.0 Å². The number of amides is 1. The summed E-state index contributed by atoms with van der Waals surface area (Å²) in [5.74, 6) is -0.0769. The Bertz CT molecular complexity index is 1020. The Labute approximate surface area is 164 Å². The number of aromatic nitrogens is 2. The normalized spacial score (nSPS) is 19.0. The molecule has 1 aliphatic rings. The van der Waals surface area contributed by atoms with Crippen molar-refractivity contribution in [3.63, 3.8) is 0 Å². The predicted octanol–water partition coefficient (Wildman–Crippen LogP) is 3.49. The fraction of sp³-hybridized carbons (Fsp3) is 0.261. The van der Waals surface area contributed by atoms with Crippen molar-refractivity contribution in [2.24, 2.45) is 0 Å². The third kappa shape index (κ3) is 3.41. The molecule has 0 spiro atoms. The summed E-state index contributed by atoms with van der Waals surface area (Å²) in [6.07, 6.45) is 2.27. The van der Waals surface area contributed by atoms with E-state index in [1.807, 2.05) is 68.4 Å². The summed E-state index contributed by atoms with van der Waals surface area (Å²) in [7, 11) is 0. The van der Waals surface area contributed by atoms with Crippen molar-refractivity contribution in [1.82, 2.24) is 14.9 Å². The summed E-state index contributed by atoms with van der Waals surface area (Å²) in [6.45, 7) is 4.64. The Hall–Kier alpha value is -3.05. The van der Waals surface area contributed by atoms with Gasteiger partial charge in [-0.15, -0.1) is 0 Å². The van der Waals surface area contributed by atoms with Gasteiger partial charge in [0, 0.05) is 23.9 Å². The Balaban J connectivity index is 1.59. The van der Waals surface area contributed by atoms with Crippen LogP contribution in [0.1, 0.15) is 33.7 Å². The maximum absolute atomic E-state index is 13.1. The number of carbonyl (C=O) groups is 1. The number of aryl methyl sites for hydroxylation is 2. The van der Waals surface area contributed by atoms with E-state index in [0.717, 1.165) is 28.2 Å². The van der Waals surface area contributed by atoms with E-state index in [4.69, 9.17) is 0 Å². The molecule has 1 saturated heterocycles. The predicted molar refractivity (Wildman–Crippen MR) is 108 cm³/mol. The lowest BCUT2D eigenvalue weighted by molar-refractivity contribution is 0.0417. The lowest BCUT2D eigenvalue weighted by Crippen LogP contribution is -2.34. The Morgan fingerprint density at radius 1 is 1.11 bits per heavy atom. The second kappa shape index (κ2) is 7.17. The smallest absolute Gasteiger partial charge is 0.253 e. The van der Waals surface area contributed by atoms with E-state index in [1.54, 1.807) is 11.1 Å². The summed E-state index contributed by atoms with van der Waals surface area (Å²) < 4.78 is 0. The van der Waals surface area contributed by atoms with E-state index >= 15 is 0 Å². The molecule has 5 heteroatoms. The van der Waals surface area contributed by atoms with Gasteiger partial charge in [0.1, 0.15) is 5.60 Å². The third-order valence-electron chi connectivity index (χ3n) is 5.30. The number of likely N-dealkylation sites (tertiary alicyclic amines) is 1. The Kier molecular flexibility index (Phi) is 4.69. The number of hydrogen-bond acceptors (Lipinski definition) is 4. The van der Waals surface area contributed by atoms with Crippen molar-refractivity contribution >= 4 is 5.91 Å². The van der Waals surface area contributed by atoms with Crippen LogP contribution in [0, 0.1) is 13.8 Å². The van der Waals surface area contributed by atoms with Crippen molar-refractivity contribution in [2.45, 2.75) is 25.9 Å². The Morgan fingerprint density at radius 2 is 1.89 bits per heavy atom. The molecule has 28 heavy (non-hydrogen) atoms. The number of β-amino-alcohol motifs (C(OH)–C–C–N with tert-alkyl or cyclic N) is 1. The van der Waals surface area contributed by atoms with Gasteiger partial charge in [0.05, 0.1) is 23.6 Å². The highest BCUT2D eigenvalue weighted by Gasteiger charge is 2.39. The van der Waals surface area contributed by atoms with Gasteiger partial charge in [-0.3, -0.25) is 9.78 Å². The van der Waals surface area contributed by atoms with Gasteiger partial charge in [0.15, 0.2) is 0 Å². The largest absolute Gasteiger partial charge is 0.383 e. The van der Waals surface area contributed by atoms with Crippen LogP contribution in [0.4, 0.5) is 0 Å². The summed E-state index contributed by atoms with van der Waals surface area (Å²) >= 11 is 0. The summed E-state index contributed by atoms with van der Waals surface area (Å²) in [4.78, 5) is 23.7. The van der Waals surface area contributed by atoms with Crippen LogP contribution in [0.3, 0.4) is 0 Å². The van der Waals surface area contributed by atoms with E-state index in [2.05, 4.69) is 9.97 Å². The van der Waals surface area contributed by atoms with E-state index in [1.165, 1.54) is 0 Å².